The number of ether oxygens (including phenoxy) is 1. The van der Waals surface area contributed by atoms with E-state index >= 15 is 0 Å². The Hall–Kier alpha value is -2.18. The highest BCUT2D eigenvalue weighted by Crippen LogP contribution is 2.44. The molecule has 0 unspecified atom stereocenters. The smallest absolute Gasteiger partial charge is 0.343 e. The van der Waals surface area contributed by atoms with Gasteiger partial charge in [0.1, 0.15) is 10.6 Å². The Balaban J connectivity index is 1.79. The van der Waals surface area contributed by atoms with Crippen molar-refractivity contribution in [1.82, 2.24) is 0 Å². The van der Waals surface area contributed by atoms with Crippen molar-refractivity contribution in [3.8, 4) is 5.75 Å². The van der Waals surface area contributed by atoms with Crippen LogP contribution in [-0.2, 0) is 10.1 Å². The Morgan fingerprint density at radius 3 is 1.57 bits per heavy atom. The molecule has 2 aromatic rings. The van der Waals surface area contributed by atoms with Gasteiger partial charge in [-0.05, 0) is 95.9 Å². The predicted molar refractivity (Wildman–Crippen MR) is 147 cm³/mol. The van der Waals surface area contributed by atoms with Gasteiger partial charge in [0.25, 0.3) is 10.1 Å². The van der Waals surface area contributed by atoms with Gasteiger partial charge in [-0.3, -0.25) is 4.55 Å². The van der Waals surface area contributed by atoms with Crippen LogP contribution in [0.4, 0.5) is 0 Å². The monoisotopic (exact) mass is 526 g/mol. The molecule has 5 nitrogen and oxygen atoms in total. The van der Waals surface area contributed by atoms with Crippen LogP contribution < -0.4 is 4.74 Å². The van der Waals surface area contributed by atoms with Crippen LogP contribution in [0.25, 0.3) is 0 Å². The topological polar surface area (TPSA) is 80.7 Å². The highest BCUT2D eigenvalue weighted by Gasteiger charge is 2.32. The molecule has 4 rings (SSSR count). The minimum atomic E-state index is -4.43. The Morgan fingerprint density at radius 1 is 0.757 bits per heavy atom. The zero-order valence-electron chi connectivity index (χ0n) is 22.8. The van der Waals surface area contributed by atoms with E-state index in [9.17, 15) is 17.8 Å². The van der Waals surface area contributed by atoms with Crippen LogP contribution in [-0.4, -0.2) is 18.9 Å². The minimum absolute atomic E-state index is 0.0310. The standard InChI is InChI=1S/C31H42O5S/c1-20(2)24-15-25(21(3)4)17-26(16-24)31(32)36-27-18-28(22-11-7-5-8-12-22)30(37(33,34)35)29(19-27)23-13-9-6-10-14-23/h15-23H,5-14H2,1-4H3,(H,33,34,35). The summed E-state index contributed by atoms with van der Waals surface area (Å²) in [5.41, 5.74) is 3.92. The van der Waals surface area contributed by atoms with Crippen molar-refractivity contribution in [2.45, 2.75) is 120 Å². The first-order chi connectivity index (χ1) is 17.5. The van der Waals surface area contributed by atoms with E-state index in [4.69, 9.17) is 4.74 Å². The van der Waals surface area contributed by atoms with Gasteiger partial charge in [-0.15, -0.1) is 0 Å². The van der Waals surface area contributed by atoms with Gasteiger partial charge in [0, 0.05) is 0 Å². The molecule has 0 bridgehead atoms. The average Bonchev–Trinajstić information content (AvgIpc) is 2.88. The average molecular weight is 527 g/mol. The lowest BCUT2D eigenvalue weighted by Gasteiger charge is -2.29. The summed E-state index contributed by atoms with van der Waals surface area (Å²) in [5.74, 6) is 0.546. The number of carbonyl (C=O) groups excluding carboxylic acids is 1. The summed E-state index contributed by atoms with van der Waals surface area (Å²) in [6.07, 6.45) is 9.86. The van der Waals surface area contributed by atoms with Gasteiger partial charge < -0.3 is 4.74 Å². The van der Waals surface area contributed by atoms with Gasteiger partial charge in [-0.1, -0.05) is 72.3 Å². The summed E-state index contributed by atoms with van der Waals surface area (Å²) in [6.45, 7) is 8.43. The van der Waals surface area contributed by atoms with E-state index in [-0.39, 0.29) is 28.6 Å². The van der Waals surface area contributed by atoms with Crippen molar-refractivity contribution in [2.24, 2.45) is 0 Å². The fourth-order valence-corrected chi connectivity index (χ4v) is 7.11. The summed E-state index contributed by atoms with van der Waals surface area (Å²) in [5, 5.41) is 0. The Kier molecular flexibility index (Phi) is 8.80. The van der Waals surface area contributed by atoms with Crippen LogP contribution in [0.1, 0.15) is 148 Å². The van der Waals surface area contributed by atoms with E-state index in [1.807, 2.05) is 12.1 Å². The van der Waals surface area contributed by atoms with E-state index in [1.54, 1.807) is 12.1 Å². The molecule has 2 saturated carbocycles. The SMILES string of the molecule is CC(C)c1cc(C(=O)Oc2cc(C3CCCCC3)c(S(=O)(=O)O)c(C3CCCCC3)c2)cc(C(C)C)c1. The lowest BCUT2D eigenvalue weighted by Crippen LogP contribution is -2.18. The minimum Gasteiger partial charge on any atom is -0.423 e. The van der Waals surface area contributed by atoms with Crippen LogP contribution in [0.3, 0.4) is 0 Å². The molecule has 2 aliphatic carbocycles. The van der Waals surface area contributed by atoms with Crippen LogP contribution in [0, 0.1) is 0 Å². The normalized spacial score (nSPS) is 17.9. The van der Waals surface area contributed by atoms with Crippen molar-refractivity contribution in [1.29, 1.82) is 0 Å². The highest BCUT2D eigenvalue weighted by molar-refractivity contribution is 7.86. The molecule has 0 saturated heterocycles. The fraction of sp³-hybridized carbons (Fsp3) is 0.581. The second-order valence-electron chi connectivity index (χ2n) is 11.7. The van der Waals surface area contributed by atoms with Crippen LogP contribution in [0.5, 0.6) is 5.75 Å². The summed E-state index contributed by atoms with van der Waals surface area (Å²) in [7, 11) is -4.43. The van der Waals surface area contributed by atoms with Crippen LogP contribution in [0.2, 0.25) is 0 Å². The first-order valence-corrected chi connectivity index (χ1v) is 15.5. The summed E-state index contributed by atoms with van der Waals surface area (Å²) < 4.78 is 41.9. The van der Waals surface area contributed by atoms with Crippen LogP contribution >= 0.6 is 0 Å². The molecular weight excluding hydrogens is 484 g/mol. The third kappa shape index (κ3) is 6.64. The zero-order chi connectivity index (χ0) is 26.7. The zero-order valence-corrected chi connectivity index (χ0v) is 23.6. The maximum atomic E-state index is 13.4. The molecular formula is C31H42O5S. The fourth-order valence-electron chi connectivity index (χ4n) is 6.06. The number of rotatable bonds is 7. The van der Waals surface area contributed by atoms with Gasteiger partial charge in [-0.25, -0.2) is 4.79 Å². The summed E-state index contributed by atoms with van der Waals surface area (Å²) in [4.78, 5) is 13.5. The predicted octanol–water partition coefficient (Wildman–Crippen LogP) is 8.49. The Labute approximate surface area is 222 Å². The first kappa shape index (κ1) is 27.8. The lowest BCUT2D eigenvalue weighted by atomic mass is 9.79. The van der Waals surface area contributed by atoms with E-state index in [1.165, 1.54) is 0 Å². The van der Waals surface area contributed by atoms with E-state index < -0.39 is 16.1 Å². The summed E-state index contributed by atoms with van der Waals surface area (Å²) in [6, 6.07) is 9.36. The van der Waals surface area contributed by atoms with Gasteiger partial charge >= 0.3 is 5.97 Å². The molecule has 2 aliphatic rings. The maximum Gasteiger partial charge on any atom is 0.343 e. The van der Waals surface area contributed by atoms with Crippen molar-refractivity contribution >= 4 is 16.1 Å². The molecule has 0 spiro atoms. The number of carbonyl (C=O) groups is 1. The number of hydrogen-bond acceptors (Lipinski definition) is 4. The van der Waals surface area contributed by atoms with Crippen molar-refractivity contribution in [3.63, 3.8) is 0 Å². The van der Waals surface area contributed by atoms with Crippen molar-refractivity contribution < 1.29 is 22.5 Å². The van der Waals surface area contributed by atoms with E-state index in [0.29, 0.717) is 22.4 Å². The third-order valence-electron chi connectivity index (χ3n) is 8.23. The molecule has 0 heterocycles. The van der Waals surface area contributed by atoms with Gasteiger partial charge in [0.2, 0.25) is 0 Å². The molecule has 0 radical (unpaired) electrons. The maximum absolute atomic E-state index is 13.4. The quantitative estimate of drug-likeness (QED) is 0.222. The molecule has 0 aliphatic heterocycles. The van der Waals surface area contributed by atoms with Gasteiger partial charge in [-0.2, -0.15) is 8.42 Å². The molecule has 2 aromatic carbocycles. The molecule has 37 heavy (non-hydrogen) atoms. The number of hydrogen-bond donors (Lipinski definition) is 1. The molecule has 0 atom stereocenters. The van der Waals surface area contributed by atoms with Crippen molar-refractivity contribution in [3.05, 3.63) is 58.1 Å². The lowest BCUT2D eigenvalue weighted by molar-refractivity contribution is 0.0734. The van der Waals surface area contributed by atoms with E-state index in [2.05, 4.69) is 33.8 Å². The number of benzene rings is 2. The van der Waals surface area contributed by atoms with Crippen LogP contribution in [0.15, 0.2) is 35.2 Å². The number of esters is 1. The largest absolute Gasteiger partial charge is 0.423 e. The molecule has 6 heteroatoms. The van der Waals surface area contributed by atoms with Gasteiger partial charge in [0.15, 0.2) is 0 Å². The second-order valence-corrected chi connectivity index (χ2v) is 13.0. The summed E-state index contributed by atoms with van der Waals surface area (Å²) >= 11 is 0. The first-order valence-electron chi connectivity index (χ1n) is 14.1. The van der Waals surface area contributed by atoms with Gasteiger partial charge in [0.05, 0.1) is 5.56 Å². The van der Waals surface area contributed by atoms with Crippen molar-refractivity contribution in [2.75, 3.05) is 0 Å². The Bertz CT molecular complexity index is 1150. The highest BCUT2D eigenvalue weighted by atomic mass is 32.2. The second kappa shape index (κ2) is 11.7. The van der Waals surface area contributed by atoms with E-state index in [0.717, 1.165) is 75.3 Å². The molecule has 202 valence electrons. The Morgan fingerprint density at radius 2 is 1.19 bits per heavy atom. The molecule has 1 N–H and O–H groups in total. The molecule has 0 amide bonds. The third-order valence-corrected chi connectivity index (χ3v) is 9.21. The molecule has 0 aromatic heterocycles. The molecule has 2 fully saturated rings.